The Morgan fingerprint density at radius 1 is 1.25 bits per heavy atom. The van der Waals surface area contributed by atoms with E-state index in [4.69, 9.17) is 5.11 Å². The number of carbonyl (C=O) groups is 2. The minimum absolute atomic E-state index is 0.0400. The average molecular weight is 356 g/mol. The lowest BCUT2D eigenvalue weighted by Crippen LogP contribution is -2.16. The number of hydrogen-bond donors (Lipinski definition) is 2. The van der Waals surface area contributed by atoms with Gasteiger partial charge in [0.25, 0.3) is 5.91 Å². The van der Waals surface area contributed by atoms with Crippen molar-refractivity contribution in [1.29, 1.82) is 0 Å². The van der Waals surface area contributed by atoms with Crippen LogP contribution in [-0.2, 0) is 6.18 Å². The van der Waals surface area contributed by atoms with E-state index in [-0.39, 0.29) is 10.7 Å². The van der Waals surface area contributed by atoms with Crippen LogP contribution in [0, 0.1) is 0 Å². The standard InChI is InChI=1S/C14H7F3N2O4S/c15-14(16,17)10-7(3-4-23-10)11(20)19-13-18-8-2-1-6(12(21)22)5-9(8)24-13/h1-5H,(H,21,22)(H,18,19,20). The number of furan rings is 1. The van der Waals surface area contributed by atoms with Gasteiger partial charge in [0.2, 0.25) is 5.76 Å². The molecule has 2 heterocycles. The number of halogens is 3. The van der Waals surface area contributed by atoms with Crippen LogP contribution in [0.15, 0.2) is 34.9 Å². The lowest BCUT2D eigenvalue weighted by molar-refractivity contribution is -0.153. The Kier molecular flexibility index (Phi) is 3.76. The SMILES string of the molecule is O=C(O)c1ccc2nc(NC(=O)c3ccoc3C(F)(F)F)sc2c1. The first-order valence-corrected chi connectivity index (χ1v) is 7.17. The van der Waals surface area contributed by atoms with Crippen LogP contribution in [0.3, 0.4) is 0 Å². The van der Waals surface area contributed by atoms with Gasteiger partial charge < -0.3 is 9.52 Å². The second-order valence-corrected chi connectivity index (χ2v) is 5.65. The van der Waals surface area contributed by atoms with Gasteiger partial charge in [0.1, 0.15) is 0 Å². The van der Waals surface area contributed by atoms with E-state index in [1.807, 2.05) is 0 Å². The molecule has 10 heteroatoms. The Morgan fingerprint density at radius 2 is 2.00 bits per heavy atom. The summed E-state index contributed by atoms with van der Waals surface area (Å²) in [5.74, 6) is -3.54. The molecule has 0 spiro atoms. The summed E-state index contributed by atoms with van der Waals surface area (Å²) in [5, 5.41) is 11.2. The third-order valence-corrected chi connectivity index (χ3v) is 3.96. The summed E-state index contributed by atoms with van der Waals surface area (Å²) in [6, 6.07) is 5.07. The normalized spacial score (nSPS) is 11.6. The zero-order valence-electron chi connectivity index (χ0n) is 11.5. The fourth-order valence-corrected chi connectivity index (χ4v) is 2.88. The molecule has 2 aromatic heterocycles. The summed E-state index contributed by atoms with van der Waals surface area (Å²) < 4.78 is 43.0. The molecule has 0 saturated carbocycles. The van der Waals surface area contributed by atoms with Gasteiger partial charge in [-0.3, -0.25) is 10.1 Å². The van der Waals surface area contributed by atoms with Crippen molar-refractivity contribution >= 4 is 38.6 Å². The first-order valence-electron chi connectivity index (χ1n) is 6.35. The number of alkyl halides is 3. The highest BCUT2D eigenvalue weighted by atomic mass is 32.1. The molecule has 1 amide bonds. The number of carboxylic acid groups (broad SMARTS) is 1. The number of fused-ring (bicyclic) bond motifs is 1. The second-order valence-electron chi connectivity index (χ2n) is 4.62. The molecular weight excluding hydrogens is 349 g/mol. The van der Waals surface area contributed by atoms with Crippen molar-refractivity contribution in [1.82, 2.24) is 4.98 Å². The van der Waals surface area contributed by atoms with Gasteiger partial charge in [-0.2, -0.15) is 13.2 Å². The number of rotatable bonds is 3. The number of nitrogens with zero attached hydrogens (tertiary/aromatic N) is 1. The van der Waals surface area contributed by atoms with Crippen LogP contribution in [0.2, 0.25) is 0 Å². The monoisotopic (exact) mass is 356 g/mol. The number of thiazole rings is 1. The molecule has 0 saturated heterocycles. The lowest BCUT2D eigenvalue weighted by Gasteiger charge is -2.05. The molecule has 0 fully saturated rings. The number of aromatic nitrogens is 1. The molecule has 3 aromatic rings. The number of carboxylic acids is 1. The minimum atomic E-state index is -4.79. The number of aromatic carboxylic acids is 1. The molecule has 0 unspecified atom stereocenters. The number of anilines is 1. The van der Waals surface area contributed by atoms with Crippen molar-refractivity contribution in [2.24, 2.45) is 0 Å². The molecule has 0 bridgehead atoms. The van der Waals surface area contributed by atoms with Gasteiger partial charge in [-0.1, -0.05) is 11.3 Å². The number of hydrogen-bond acceptors (Lipinski definition) is 5. The van der Waals surface area contributed by atoms with Gasteiger partial charge in [0.05, 0.1) is 27.6 Å². The first kappa shape index (κ1) is 16.0. The van der Waals surface area contributed by atoms with E-state index in [9.17, 15) is 22.8 Å². The molecule has 3 rings (SSSR count). The highest BCUT2D eigenvalue weighted by molar-refractivity contribution is 7.22. The van der Waals surface area contributed by atoms with Crippen molar-refractivity contribution in [3.05, 3.63) is 47.4 Å². The fourth-order valence-electron chi connectivity index (χ4n) is 1.98. The van der Waals surface area contributed by atoms with E-state index in [1.54, 1.807) is 0 Å². The van der Waals surface area contributed by atoms with Crippen molar-refractivity contribution in [3.8, 4) is 0 Å². The Balaban J connectivity index is 1.89. The van der Waals surface area contributed by atoms with Crippen LogP contribution in [-0.4, -0.2) is 22.0 Å². The van der Waals surface area contributed by atoms with Crippen LogP contribution in [0.4, 0.5) is 18.3 Å². The van der Waals surface area contributed by atoms with Gasteiger partial charge in [0, 0.05) is 0 Å². The van der Waals surface area contributed by atoms with Crippen molar-refractivity contribution in [2.75, 3.05) is 5.32 Å². The molecule has 24 heavy (non-hydrogen) atoms. The molecule has 0 radical (unpaired) electrons. The molecule has 1 aromatic carbocycles. The summed E-state index contributed by atoms with van der Waals surface area (Å²) in [6.07, 6.45) is -4.02. The minimum Gasteiger partial charge on any atom is -0.478 e. The van der Waals surface area contributed by atoms with Gasteiger partial charge in [-0.05, 0) is 24.3 Å². The summed E-state index contributed by atoms with van der Waals surface area (Å²) in [4.78, 5) is 26.9. The van der Waals surface area contributed by atoms with Crippen LogP contribution < -0.4 is 5.32 Å². The van der Waals surface area contributed by atoms with Crippen molar-refractivity contribution in [3.63, 3.8) is 0 Å². The van der Waals surface area contributed by atoms with Crippen LogP contribution in [0.5, 0.6) is 0 Å². The molecule has 0 aliphatic carbocycles. The van der Waals surface area contributed by atoms with E-state index < -0.39 is 29.4 Å². The second kappa shape index (κ2) is 5.64. The summed E-state index contributed by atoms with van der Waals surface area (Å²) in [7, 11) is 0. The Bertz CT molecular complexity index is 945. The molecule has 124 valence electrons. The Morgan fingerprint density at radius 3 is 2.67 bits per heavy atom. The van der Waals surface area contributed by atoms with E-state index in [1.165, 1.54) is 18.2 Å². The van der Waals surface area contributed by atoms with Crippen molar-refractivity contribution < 1.29 is 32.3 Å². The van der Waals surface area contributed by atoms with E-state index in [0.717, 1.165) is 23.7 Å². The quantitative estimate of drug-likeness (QED) is 0.743. The molecule has 2 N–H and O–H groups in total. The third-order valence-electron chi connectivity index (χ3n) is 3.02. The maximum absolute atomic E-state index is 12.7. The topological polar surface area (TPSA) is 92.4 Å². The van der Waals surface area contributed by atoms with E-state index in [0.29, 0.717) is 10.2 Å². The Hall–Kier alpha value is -2.88. The van der Waals surface area contributed by atoms with Gasteiger partial charge in [0.15, 0.2) is 5.13 Å². The van der Waals surface area contributed by atoms with Crippen LogP contribution in [0.1, 0.15) is 26.5 Å². The number of amides is 1. The molecular formula is C14H7F3N2O4S. The Labute approximate surface area is 135 Å². The third kappa shape index (κ3) is 2.95. The lowest BCUT2D eigenvalue weighted by atomic mass is 10.2. The highest BCUT2D eigenvalue weighted by Gasteiger charge is 2.39. The predicted octanol–water partition coefficient (Wildman–Crippen LogP) is 3.86. The zero-order chi connectivity index (χ0) is 17.5. The van der Waals surface area contributed by atoms with Crippen LogP contribution in [0.25, 0.3) is 10.2 Å². The molecule has 0 aliphatic rings. The maximum atomic E-state index is 12.7. The predicted molar refractivity (Wildman–Crippen MR) is 78.2 cm³/mol. The number of benzene rings is 1. The summed E-state index contributed by atoms with van der Waals surface area (Å²) in [5.41, 5.74) is -0.199. The summed E-state index contributed by atoms with van der Waals surface area (Å²) >= 11 is 0.950. The zero-order valence-corrected chi connectivity index (χ0v) is 12.4. The smallest absolute Gasteiger partial charge is 0.450 e. The van der Waals surface area contributed by atoms with Gasteiger partial charge in [-0.15, -0.1) is 0 Å². The first-order chi connectivity index (χ1) is 11.3. The van der Waals surface area contributed by atoms with Crippen LogP contribution >= 0.6 is 11.3 Å². The van der Waals surface area contributed by atoms with Gasteiger partial charge >= 0.3 is 12.1 Å². The fraction of sp³-hybridized carbons (Fsp3) is 0.0714. The van der Waals surface area contributed by atoms with Crippen molar-refractivity contribution in [2.45, 2.75) is 6.18 Å². The average Bonchev–Trinajstić information content (AvgIpc) is 3.11. The number of carbonyl (C=O) groups excluding carboxylic acids is 1. The molecule has 6 nitrogen and oxygen atoms in total. The maximum Gasteiger partial charge on any atom is 0.450 e. The summed E-state index contributed by atoms with van der Waals surface area (Å²) in [6.45, 7) is 0. The van der Waals surface area contributed by atoms with Gasteiger partial charge in [-0.25, -0.2) is 9.78 Å². The molecule has 0 aliphatic heterocycles. The van der Waals surface area contributed by atoms with E-state index >= 15 is 0 Å². The number of nitrogens with one attached hydrogen (secondary N) is 1. The molecule has 0 atom stereocenters. The highest BCUT2D eigenvalue weighted by Crippen LogP contribution is 2.33. The van der Waals surface area contributed by atoms with E-state index in [2.05, 4.69) is 14.7 Å². The largest absolute Gasteiger partial charge is 0.478 e.